The van der Waals surface area contributed by atoms with Gasteiger partial charge in [-0.2, -0.15) is 5.10 Å². The molecule has 0 radical (unpaired) electrons. The van der Waals surface area contributed by atoms with Crippen molar-refractivity contribution in [1.82, 2.24) is 9.99 Å². The number of hydrogen-bond acceptors (Lipinski definition) is 5. The average Bonchev–Trinajstić information content (AvgIpc) is 3.71. The van der Waals surface area contributed by atoms with Crippen molar-refractivity contribution in [3.8, 4) is 5.00 Å². The van der Waals surface area contributed by atoms with Crippen LogP contribution in [0.4, 0.5) is 11.4 Å². The lowest BCUT2D eigenvalue weighted by atomic mass is 9.95. The Morgan fingerprint density at radius 3 is 2.39 bits per heavy atom. The fourth-order valence-electron chi connectivity index (χ4n) is 5.91. The lowest BCUT2D eigenvalue weighted by Crippen LogP contribution is -2.19. The van der Waals surface area contributed by atoms with Crippen LogP contribution in [0.25, 0.3) is 5.00 Å². The SMILES string of the molecule is Cc1cc(/C=N\NC(=O)c2ccc(N3CCCC3)cc2)c(C)n1-c1sc2c(c1C(=O)Nc1ccccc1)CCCC2. The van der Waals surface area contributed by atoms with Crippen LogP contribution in [0.1, 0.15) is 73.8 Å². The third-order valence-electron chi connectivity index (χ3n) is 8.06. The van der Waals surface area contributed by atoms with Crippen molar-refractivity contribution in [2.45, 2.75) is 52.4 Å². The van der Waals surface area contributed by atoms with Crippen molar-refractivity contribution < 1.29 is 9.59 Å². The van der Waals surface area contributed by atoms with E-state index in [9.17, 15) is 9.59 Å². The largest absolute Gasteiger partial charge is 0.372 e. The fraction of sp³-hybridized carbons (Fsp3) is 0.303. The van der Waals surface area contributed by atoms with Gasteiger partial charge < -0.3 is 14.8 Å². The van der Waals surface area contributed by atoms with Gasteiger partial charge in [-0.1, -0.05) is 18.2 Å². The number of fused-ring (bicyclic) bond motifs is 1. The number of para-hydroxylation sites is 1. The normalized spacial score (nSPS) is 14.8. The van der Waals surface area contributed by atoms with Crippen molar-refractivity contribution in [3.63, 3.8) is 0 Å². The summed E-state index contributed by atoms with van der Waals surface area (Å²) in [5, 5.41) is 8.34. The first kappa shape index (κ1) is 27.0. The molecule has 1 saturated heterocycles. The van der Waals surface area contributed by atoms with E-state index in [4.69, 9.17) is 0 Å². The molecular formula is C33H35N5O2S. The highest BCUT2D eigenvalue weighted by Gasteiger charge is 2.28. The molecule has 2 amide bonds. The highest BCUT2D eigenvalue weighted by Crippen LogP contribution is 2.39. The quantitative estimate of drug-likeness (QED) is 0.195. The van der Waals surface area contributed by atoms with E-state index in [0.29, 0.717) is 5.56 Å². The summed E-state index contributed by atoms with van der Waals surface area (Å²) in [6, 6.07) is 19.4. The molecule has 2 aliphatic rings. The average molecular weight is 566 g/mol. The molecule has 6 rings (SSSR count). The van der Waals surface area contributed by atoms with E-state index < -0.39 is 0 Å². The molecule has 2 N–H and O–H groups in total. The van der Waals surface area contributed by atoms with Gasteiger partial charge in [0, 0.05) is 51.9 Å². The summed E-state index contributed by atoms with van der Waals surface area (Å²) in [4.78, 5) is 30.0. The van der Waals surface area contributed by atoms with Crippen molar-refractivity contribution in [3.05, 3.63) is 99.2 Å². The van der Waals surface area contributed by atoms with Gasteiger partial charge in [0.15, 0.2) is 0 Å². The zero-order valence-corrected chi connectivity index (χ0v) is 24.4. The molecule has 1 fully saturated rings. The van der Waals surface area contributed by atoms with Crippen LogP contribution in [0.3, 0.4) is 0 Å². The van der Waals surface area contributed by atoms with Gasteiger partial charge in [0.2, 0.25) is 0 Å². The second-order valence-corrected chi connectivity index (χ2v) is 11.9. The molecule has 0 unspecified atom stereocenters. The number of benzene rings is 2. The van der Waals surface area contributed by atoms with E-state index in [0.717, 1.165) is 77.7 Å². The third-order valence-corrected chi connectivity index (χ3v) is 9.33. The van der Waals surface area contributed by atoms with Gasteiger partial charge in [-0.05, 0) is 100 Å². The molecule has 0 saturated carbocycles. The topological polar surface area (TPSA) is 78.7 Å². The standard InChI is InChI=1S/C33H35N5O2S/c1-22-20-25(21-34-36-31(39)24-14-16-27(17-15-24)37-18-8-9-19-37)23(2)38(22)33-30(28-12-6-7-13-29(28)41-33)32(40)35-26-10-4-3-5-11-26/h3-5,10-11,14-17,20-21H,6-9,12-13,18-19H2,1-2H3,(H,35,40)(H,36,39)/b34-21-. The lowest BCUT2D eigenvalue weighted by Gasteiger charge is -2.17. The predicted octanol–water partition coefficient (Wildman–Crippen LogP) is 6.65. The zero-order chi connectivity index (χ0) is 28.3. The maximum atomic E-state index is 13.7. The van der Waals surface area contributed by atoms with Crippen molar-refractivity contribution in [2.75, 3.05) is 23.3 Å². The van der Waals surface area contributed by atoms with Crippen molar-refractivity contribution in [2.24, 2.45) is 5.10 Å². The molecule has 3 heterocycles. The molecular weight excluding hydrogens is 530 g/mol. The lowest BCUT2D eigenvalue weighted by molar-refractivity contribution is 0.0954. The highest BCUT2D eigenvalue weighted by molar-refractivity contribution is 7.15. The summed E-state index contributed by atoms with van der Waals surface area (Å²) in [6.07, 6.45) is 8.29. The Bertz CT molecular complexity index is 1590. The van der Waals surface area contributed by atoms with Crippen LogP contribution in [0.15, 0.2) is 65.8 Å². The van der Waals surface area contributed by atoms with Crippen LogP contribution < -0.4 is 15.6 Å². The smallest absolute Gasteiger partial charge is 0.271 e. The first-order valence-corrected chi connectivity index (χ1v) is 15.2. The number of carbonyl (C=O) groups is 2. The molecule has 2 aromatic carbocycles. The number of hydrogen-bond donors (Lipinski definition) is 2. The van der Waals surface area contributed by atoms with Crippen molar-refractivity contribution in [1.29, 1.82) is 0 Å². The molecule has 7 nitrogen and oxygen atoms in total. The number of hydrazone groups is 1. The number of thiophene rings is 1. The summed E-state index contributed by atoms with van der Waals surface area (Å²) in [5.41, 5.74) is 10.0. The van der Waals surface area contributed by atoms with Gasteiger partial charge in [0.05, 0.1) is 11.8 Å². The molecule has 1 aliphatic heterocycles. The Morgan fingerprint density at radius 2 is 1.63 bits per heavy atom. The molecule has 0 atom stereocenters. The van der Waals surface area contributed by atoms with E-state index >= 15 is 0 Å². The number of anilines is 2. The first-order chi connectivity index (χ1) is 20.0. The van der Waals surface area contributed by atoms with E-state index in [2.05, 4.69) is 25.3 Å². The fourth-order valence-corrected chi connectivity index (χ4v) is 7.41. The van der Waals surface area contributed by atoms with Gasteiger partial charge in [-0.3, -0.25) is 9.59 Å². The maximum absolute atomic E-state index is 13.7. The molecule has 8 heteroatoms. The number of rotatable bonds is 7. The van der Waals surface area contributed by atoms with Crippen LogP contribution in [0.2, 0.25) is 0 Å². The second kappa shape index (κ2) is 11.7. The minimum absolute atomic E-state index is 0.0728. The van der Waals surface area contributed by atoms with Gasteiger partial charge >= 0.3 is 0 Å². The third kappa shape index (κ3) is 5.57. The summed E-state index contributed by atoms with van der Waals surface area (Å²) in [5.74, 6) is -0.315. The summed E-state index contributed by atoms with van der Waals surface area (Å²) < 4.78 is 2.16. The van der Waals surface area contributed by atoms with Crippen molar-refractivity contribution >= 4 is 40.7 Å². The molecule has 0 bridgehead atoms. The Morgan fingerprint density at radius 1 is 0.902 bits per heavy atom. The second-order valence-electron chi connectivity index (χ2n) is 10.8. The first-order valence-electron chi connectivity index (χ1n) is 14.4. The van der Waals surface area contributed by atoms with Gasteiger partial charge in [0.1, 0.15) is 5.00 Å². The molecule has 0 spiro atoms. The minimum atomic E-state index is -0.242. The zero-order valence-electron chi connectivity index (χ0n) is 23.6. The summed E-state index contributed by atoms with van der Waals surface area (Å²) in [6.45, 7) is 6.22. The van der Waals surface area contributed by atoms with E-state index in [1.807, 2.05) is 74.5 Å². The number of amides is 2. The van der Waals surface area contributed by atoms with E-state index in [1.165, 1.54) is 23.3 Å². The van der Waals surface area contributed by atoms with Crippen LogP contribution in [-0.4, -0.2) is 35.7 Å². The number of carbonyl (C=O) groups excluding carboxylic acids is 2. The maximum Gasteiger partial charge on any atom is 0.271 e. The Balaban J connectivity index is 1.23. The highest BCUT2D eigenvalue weighted by atomic mass is 32.1. The number of aromatic nitrogens is 1. The Hall–Kier alpha value is -4.17. The Labute approximate surface area is 244 Å². The van der Waals surface area contributed by atoms with E-state index in [1.54, 1.807) is 17.6 Å². The molecule has 2 aromatic heterocycles. The number of nitrogens with one attached hydrogen (secondary N) is 2. The van der Waals surface area contributed by atoms with Gasteiger partial charge in [-0.25, -0.2) is 5.43 Å². The molecule has 210 valence electrons. The molecule has 41 heavy (non-hydrogen) atoms. The van der Waals surface area contributed by atoms with Crippen LogP contribution in [0, 0.1) is 13.8 Å². The summed E-state index contributed by atoms with van der Waals surface area (Å²) >= 11 is 1.72. The van der Waals surface area contributed by atoms with Gasteiger partial charge in [-0.15, -0.1) is 11.3 Å². The van der Waals surface area contributed by atoms with Crippen LogP contribution >= 0.6 is 11.3 Å². The number of aryl methyl sites for hydroxylation is 2. The Kier molecular flexibility index (Phi) is 7.74. The summed E-state index contributed by atoms with van der Waals surface area (Å²) in [7, 11) is 0. The van der Waals surface area contributed by atoms with E-state index in [-0.39, 0.29) is 11.8 Å². The number of nitrogens with zero attached hydrogens (tertiary/aromatic N) is 3. The predicted molar refractivity (Wildman–Crippen MR) is 167 cm³/mol. The molecule has 1 aliphatic carbocycles. The van der Waals surface area contributed by atoms with Crippen LogP contribution in [-0.2, 0) is 12.8 Å². The minimum Gasteiger partial charge on any atom is -0.372 e. The molecule has 4 aromatic rings. The van der Waals surface area contributed by atoms with Gasteiger partial charge in [0.25, 0.3) is 11.8 Å². The monoisotopic (exact) mass is 565 g/mol. The van der Waals surface area contributed by atoms with Crippen LogP contribution in [0.5, 0.6) is 0 Å².